The van der Waals surface area contributed by atoms with Crippen molar-refractivity contribution >= 4 is 0 Å². The minimum atomic E-state index is -0.105. The molecule has 4 heteroatoms. The minimum Gasteiger partial charge on any atom is -0.396 e. The molecular formula is C14H25NO3. The second-order valence-corrected chi connectivity index (χ2v) is 6.50. The molecule has 0 spiro atoms. The van der Waals surface area contributed by atoms with Gasteiger partial charge in [-0.05, 0) is 38.5 Å². The average molecular weight is 255 g/mol. The molecular weight excluding hydrogens is 230 g/mol. The van der Waals surface area contributed by atoms with Gasteiger partial charge >= 0.3 is 0 Å². The lowest BCUT2D eigenvalue weighted by Gasteiger charge is -2.45. The summed E-state index contributed by atoms with van der Waals surface area (Å²) in [5.74, 6) is 0. The molecule has 0 aliphatic carbocycles. The lowest BCUT2D eigenvalue weighted by Crippen LogP contribution is -2.52. The highest BCUT2D eigenvalue weighted by Gasteiger charge is 2.44. The average Bonchev–Trinajstić information content (AvgIpc) is 2.62. The molecule has 0 radical (unpaired) electrons. The van der Waals surface area contributed by atoms with Crippen LogP contribution in [0.15, 0.2) is 0 Å². The molecule has 0 saturated carbocycles. The number of nitrogens with zero attached hydrogens (tertiary/aromatic N) is 1. The minimum absolute atomic E-state index is 0.0542. The van der Waals surface area contributed by atoms with Crippen LogP contribution in [0.25, 0.3) is 0 Å². The highest BCUT2D eigenvalue weighted by Crippen LogP contribution is 2.39. The van der Waals surface area contributed by atoms with Crippen LogP contribution in [-0.4, -0.2) is 59.7 Å². The Balaban J connectivity index is 1.68. The van der Waals surface area contributed by atoms with Gasteiger partial charge in [0.05, 0.1) is 19.3 Å². The first kappa shape index (κ1) is 12.9. The van der Waals surface area contributed by atoms with E-state index >= 15 is 0 Å². The third-order valence-electron chi connectivity index (χ3n) is 5.12. The van der Waals surface area contributed by atoms with Gasteiger partial charge in [0.2, 0.25) is 0 Å². The molecule has 4 nitrogen and oxygen atoms in total. The summed E-state index contributed by atoms with van der Waals surface area (Å²) in [6, 6.07) is 1.06. The summed E-state index contributed by atoms with van der Waals surface area (Å²) in [7, 11) is 0. The van der Waals surface area contributed by atoms with Crippen LogP contribution >= 0.6 is 0 Å². The number of piperidine rings is 1. The Morgan fingerprint density at radius 2 is 1.94 bits per heavy atom. The largest absolute Gasteiger partial charge is 0.396 e. The van der Waals surface area contributed by atoms with Crippen LogP contribution in [0.5, 0.6) is 0 Å². The van der Waals surface area contributed by atoms with Crippen molar-refractivity contribution in [2.45, 2.75) is 56.7 Å². The van der Waals surface area contributed by atoms with Crippen molar-refractivity contribution in [3.05, 3.63) is 0 Å². The van der Waals surface area contributed by atoms with Crippen LogP contribution in [0.3, 0.4) is 0 Å². The Morgan fingerprint density at radius 1 is 1.22 bits per heavy atom. The van der Waals surface area contributed by atoms with E-state index in [1.54, 1.807) is 0 Å². The molecule has 0 aromatic heterocycles. The van der Waals surface area contributed by atoms with E-state index in [9.17, 15) is 10.2 Å². The molecule has 3 heterocycles. The van der Waals surface area contributed by atoms with Crippen molar-refractivity contribution in [3.63, 3.8) is 0 Å². The second-order valence-electron chi connectivity index (χ2n) is 6.50. The molecule has 2 N–H and O–H groups in total. The molecule has 3 atom stereocenters. The maximum absolute atomic E-state index is 9.83. The van der Waals surface area contributed by atoms with Gasteiger partial charge in [-0.15, -0.1) is 0 Å². The molecule has 0 amide bonds. The molecule has 18 heavy (non-hydrogen) atoms. The normalized spacial score (nSPS) is 45.3. The number of fused-ring (bicyclic) bond motifs is 2. The summed E-state index contributed by atoms with van der Waals surface area (Å²) >= 11 is 0. The molecule has 104 valence electrons. The number of aliphatic hydroxyl groups is 2. The second kappa shape index (κ2) is 5.08. The quantitative estimate of drug-likeness (QED) is 0.782. The fourth-order valence-corrected chi connectivity index (χ4v) is 4.10. The first-order chi connectivity index (χ1) is 8.72. The zero-order valence-corrected chi connectivity index (χ0v) is 11.1. The van der Waals surface area contributed by atoms with Gasteiger partial charge in [0.15, 0.2) is 0 Å². The summed E-state index contributed by atoms with van der Waals surface area (Å²) in [5.41, 5.74) is -0.0542. The lowest BCUT2D eigenvalue weighted by atomic mass is 9.81. The van der Waals surface area contributed by atoms with Crippen molar-refractivity contribution in [2.24, 2.45) is 5.41 Å². The summed E-state index contributed by atoms with van der Waals surface area (Å²) in [6.07, 6.45) is 6.28. The first-order valence-corrected chi connectivity index (χ1v) is 7.35. The van der Waals surface area contributed by atoms with Gasteiger partial charge in [-0.2, -0.15) is 0 Å². The fraction of sp³-hybridized carbons (Fsp3) is 1.00. The monoisotopic (exact) mass is 255 g/mol. The van der Waals surface area contributed by atoms with E-state index in [0.29, 0.717) is 18.7 Å². The van der Waals surface area contributed by atoms with E-state index in [2.05, 4.69) is 4.90 Å². The highest BCUT2D eigenvalue weighted by atomic mass is 16.5. The Labute approximate surface area is 109 Å². The number of rotatable bonds is 3. The van der Waals surface area contributed by atoms with Crippen LogP contribution in [-0.2, 0) is 4.74 Å². The Hall–Kier alpha value is -0.160. The molecule has 3 unspecified atom stereocenters. The van der Waals surface area contributed by atoms with Crippen LogP contribution in [0.4, 0.5) is 0 Å². The molecule has 2 bridgehead atoms. The summed E-state index contributed by atoms with van der Waals surface area (Å²) < 4.78 is 5.59. The summed E-state index contributed by atoms with van der Waals surface area (Å²) in [6.45, 7) is 2.71. The van der Waals surface area contributed by atoms with Gasteiger partial charge in [0.25, 0.3) is 0 Å². The van der Waals surface area contributed by atoms with Crippen LogP contribution < -0.4 is 0 Å². The Bertz CT molecular complexity index is 277. The van der Waals surface area contributed by atoms with Gasteiger partial charge in [0.1, 0.15) is 0 Å². The fourth-order valence-electron chi connectivity index (χ4n) is 4.10. The van der Waals surface area contributed by atoms with Crippen LogP contribution in [0, 0.1) is 5.41 Å². The van der Waals surface area contributed by atoms with E-state index in [1.165, 1.54) is 12.8 Å². The zero-order valence-electron chi connectivity index (χ0n) is 11.1. The lowest BCUT2D eigenvalue weighted by molar-refractivity contribution is -0.0742. The molecule has 3 aliphatic rings. The first-order valence-electron chi connectivity index (χ1n) is 7.35. The topological polar surface area (TPSA) is 52.9 Å². The van der Waals surface area contributed by atoms with Crippen LogP contribution in [0.1, 0.15) is 38.5 Å². The molecule has 3 saturated heterocycles. The van der Waals surface area contributed by atoms with E-state index < -0.39 is 0 Å². The smallest absolute Gasteiger partial charge is 0.0570 e. The van der Waals surface area contributed by atoms with Crippen LogP contribution in [0.2, 0.25) is 0 Å². The van der Waals surface area contributed by atoms with Gasteiger partial charge in [0, 0.05) is 30.7 Å². The van der Waals surface area contributed by atoms with E-state index in [1.807, 2.05) is 0 Å². The Morgan fingerprint density at radius 3 is 2.50 bits per heavy atom. The van der Waals surface area contributed by atoms with E-state index in [4.69, 9.17) is 4.74 Å². The zero-order chi connectivity index (χ0) is 12.6. The van der Waals surface area contributed by atoms with Gasteiger partial charge in [-0.1, -0.05) is 0 Å². The Kier molecular flexibility index (Phi) is 3.63. The van der Waals surface area contributed by atoms with Gasteiger partial charge in [-0.25, -0.2) is 0 Å². The van der Waals surface area contributed by atoms with Gasteiger partial charge in [-0.3, -0.25) is 4.90 Å². The maximum Gasteiger partial charge on any atom is 0.0570 e. The highest BCUT2D eigenvalue weighted by molar-refractivity contribution is 4.98. The number of aliphatic hydroxyl groups excluding tert-OH is 2. The van der Waals surface area contributed by atoms with Crippen molar-refractivity contribution in [1.29, 1.82) is 0 Å². The van der Waals surface area contributed by atoms with Crippen molar-refractivity contribution < 1.29 is 14.9 Å². The van der Waals surface area contributed by atoms with Crippen molar-refractivity contribution in [3.8, 4) is 0 Å². The predicted octanol–water partition coefficient (Wildman–Crippen LogP) is 0.763. The molecule has 3 fully saturated rings. The summed E-state index contributed by atoms with van der Waals surface area (Å²) in [4.78, 5) is 2.55. The van der Waals surface area contributed by atoms with E-state index in [0.717, 1.165) is 38.8 Å². The van der Waals surface area contributed by atoms with E-state index in [-0.39, 0.29) is 18.1 Å². The predicted molar refractivity (Wildman–Crippen MR) is 68.3 cm³/mol. The number of hydrogen-bond acceptors (Lipinski definition) is 4. The summed E-state index contributed by atoms with van der Waals surface area (Å²) in [5, 5.41) is 19.6. The van der Waals surface area contributed by atoms with Gasteiger partial charge < -0.3 is 14.9 Å². The maximum atomic E-state index is 9.83. The number of hydrogen-bond donors (Lipinski definition) is 2. The molecule has 0 aromatic rings. The van der Waals surface area contributed by atoms with Crippen molar-refractivity contribution in [2.75, 3.05) is 26.4 Å². The third kappa shape index (κ3) is 2.31. The molecule has 3 rings (SSSR count). The SMILES string of the molecule is OCC1(CN2C3CCC2CC(O)C3)CCCOC1. The third-order valence-corrected chi connectivity index (χ3v) is 5.12. The standard InChI is InChI=1S/C14H25NO3/c16-9-14(4-1-5-18-10-14)8-15-11-2-3-12(15)7-13(17)6-11/h11-13,16-17H,1-10H2. The number of ether oxygens (including phenoxy) is 1. The van der Waals surface area contributed by atoms with Crippen molar-refractivity contribution in [1.82, 2.24) is 4.90 Å². The molecule has 0 aromatic carbocycles. The molecule has 3 aliphatic heterocycles.